The number of aryl methyl sites for hydroxylation is 1. The van der Waals surface area contributed by atoms with Crippen LogP contribution in [0.3, 0.4) is 0 Å². The number of ether oxygens (including phenoxy) is 1. The lowest BCUT2D eigenvalue weighted by Crippen LogP contribution is -1.96. The highest BCUT2D eigenvalue weighted by Crippen LogP contribution is 2.22. The van der Waals surface area contributed by atoms with Crippen molar-refractivity contribution in [3.05, 3.63) is 106 Å². The van der Waals surface area contributed by atoms with E-state index in [0.29, 0.717) is 6.61 Å². The molecule has 0 unspecified atom stereocenters. The van der Waals surface area contributed by atoms with Crippen molar-refractivity contribution in [2.24, 2.45) is 5.10 Å². The monoisotopic (exact) mass is 448 g/mol. The lowest BCUT2D eigenvalue weighted by molar-refractivity contribution is 0.306. The molecule has 1 aromatic heterocycles. The third-order valence-corrected chi connectivity index (χ3v) is 5.78. The van der Waals surface area contributed by atoms with Crippen LogP contribution in [0.25, 0.3) is 0 Å². The van der Waals surface area contributed by atoms with Crippen molar-refractivity contribution in [3.63, 3.8) is 0 Å². The molecule has 3 aromatic carbocycles. The molecule has 0 saturated heterocycles. The summed E-state index contributed by atoms with van der Waals surface area (Å²) in [5, 5.41) is 14.1. The highest BCUT2D eigenvalue weighted by atomic mass is 35.5. The van der Waals surface area contributed by atoms with Gasteiger partial charge in [-0.2, -0.15) is 9.78 Å². The van der Waals surface area contributed by atoms with Gasteiger partial charge >= 0.3 is 0 Å². The van der Waals surface area contributed by atoms with Gasteiger partial charge in [0.05, 0.1) is 6.21 Å². The Morgan fingerprint density at radius 1 is 0.968 bits per heavy atom. The van der Waals surface area contributed by atoms with E-state index < -0.39 is 0 Å². The fourth-order valence-corrected chi connectivity index (χ4v) is 3.70. The molecule has 0 N–H and O–H groups in total. The maximum atomic E-state index is 5.94. The first-order valence-electron chi connectivity index (χ1n) is 9.76. The summed E-state index contributed by atoms with van der Waals surface area (Å²) in [4.78, 5) is 0. The fraction of sp³-hybridized carbons (Fsp3) is 0.125. The van der Waals surface area contributed by atoms with E-state index in [1.54, 1.807) is 29.0 Å². The molecular weight excluding hydrogens is 428 g/mol. The summed E-state index contributed by atoms with van der Waals surface area (Å²) in [5.41, 5.74) is 4.51. The minimum atomic E-state index is 0.544. The number of aromatic nitrogens is 3. The summed E-state index contributed by atoms with van der Waals surface area (Å²) in [6.45, 7) is 2.62. The molecule has 0 fully saturated rings. The van der Waals surface area contributed by atoms with Crippen molar-refractivity contribution < 1.29 is 4.74 Å². The first kappa shape index (κ1) is 21.2. The zero-order valence-corrected chi connectivity index (χ0v) is 18.6. The van der Waals surface area contributed by atoms with Gasteiger partial charge in [0.1, 0.15) is 18.7 Å². The van der Waals surface area contributed by atoms with Crippen LogP contribution in [0.2, 0.25) is 5.02 Å². The van der Waals surface area contributed by atoms with Gasteiger partial charge < -0.3 is 4.74 Å². The number of thioether (sulfide) groups is 1. The van der Waals surface area contributed by atoms with Crippen LogP contribution in [0, 0.1) is 6.92 Å². The fourth-order valence-electron chi connectivity index (χ4n) is 2.75. The van der Waals surface area contributed by atoms with E-state index in [0.717, 1.165) is 38.4 Å². The van der Waals surface area contributed by atoms with Crippen LogP contribution in [0.4, 0.5) is 0 Å². The van der Waals surface area contributed by atoms with E-state index in [2.05, 4.69) is 46.5 Å². The van der Waals surface area contributed by atoms with Crippen LogP contribution in [0.5, 0.6) is 5.75 Å². The SMILES string of the molecule is Cc1ccc(COc2ccc(/C=N/n3cnnc3SCc3ccc(Cl)cc3)cc2)cc1. The van der Waals surface area contributed by atoms with Gasteiger partial charge in [-0.1, -0.05) is 65.3 Å². The molecule has 1 heterocycles. The molecule has 0 aliphatic carbocycles. The van der Waals surface area contributed by atoms with Gasteiger partial charge in [-0.25, -0.2) is 0 Å². The summed E-state index contributed by atoms with van der Waals surface area (Å²) in [6.07, 6.45) is 3.37. The van der Waals surface area contributed by atoms with Crippen LogP contribution >= 0.6 is 23.4 Å². The number of hydrogen-bond donors (Lipinski definition) is 0. The minimum Gasteiger partial charge on any atom is -0.489 e. The molecule has 0 atom stereocenters. The third kappa shape index (κ3) is 6.20. The van der Waals surface area contributed by atoms with E-state index in [1.807, 2.05) is 48.5 Å². The van der Waals surface area contributed by atoms with Gasteiger partial charge in [-0.3, -0.25) is 0 Å². The van der Waals surface area contributed by atoms with Crippen LogP contribution in [0.15, 0.2) is 89.4 Å². The van der Waals surface area contributed by atoms with E-state index in [4.69, 9.17) is 16.3 Å². The Kier molecular flexibility index (Phi) is 7.02. The summed E-state index contributed by atoms with van der Waals surface area (Å²) < 4.78 is 7.53. The molecule has 4 aromatic rings. The van der Waals surface area contributed by atoms with Crippen LogP contribution in [-0.4, -0.2) is 21.1 Å². The van der Waals surface area contributed by atoms with Crippen molar-refractivity contribution in [3.8, 4) is 5.75 Å². The normalized spacial score (nSPS) is 11.2. The predicted molar refractivity (Wildman–Crippen MR) is 126 cm³/mol. The molecule has 31 heavy (non-hydrogen) atoms. The number of nitrogens with zero attached hydrogens (tertiary/aromatic N) is 4. The number of rotatable bonds is 8. The first-order chi connectivity index (χ1) is 15.2. The highest BCUT2D eigenvalue weighted by Gasteiger charge is 2.05. The van der Waals surface area contributed by atoms with E-state index in [-0.39, 0.29) is 0 Å². The Labute approximate surface area is 190 Å². The smallest absolute Gasteiger partial charge is 0.212 e. The van der Waals surface area contributed by atoms with Crippen LogP contribution in [0.1, 0.15) is 22.3 Å². The Hall–Kier alpha value is -3.09. The Morgan fingerprint density at radius 3 is 2.42 bits per heavy atom. The molecule has 7 heteroatoms. The number of halogens is 1. The molecular formula is C24H21ClN4OS. The molecule has 0 amide bonds. The van der Waals surface area contributed by atoms with Gasteiger partial charge in [0.15, 0.2) is 0 Å². The van der Waals surface area contributed by atoms with Gasteiger partial charge in [-0.05, 0) is 60.0 Å². The second kappa shape index (κ2) is 10.3. The van der Waals surface area contributed by atoms with Gasteiger partial charge in [0, 0.05) is 10.8 Å². The number of benzene rings is 3. The molecule has 156 valence electrons. The van der Waals surface area contributed by atoms with Crippen molar-refractivity contribution in [2.45, 2.75) is 24.4 Å². The highest BCUT2D eigenvalue weighted by molar-refractivity contribution is 7.98. The number of hydrogen-bond acceptors (Lipinski definition) is 5. The molecule has 0 radical (unpaired) electrons. The van der Waals surface area contributed by atoms with E-state index in [9.17, 15) is 0 Å². The quantitative estimate of drug-likeness (QED) is 0.245. The maximum Gasteiger partial charge on any atom is 0.212 e. The van der Waals surface area contributed by atoms with Gasteiger partial charge in [-0.15, -0.1) is 10.2 Å². The Morgan fingerprint density at radius 2 is 1.68 bits per heavy atom. The van der Waals surface area contributed by atoms with Gasteiger partial charge in [0.25, 0.3) is 0 Å². The summed E-state index contributed by atoms with van der Waals surface area (Å²) in [6, 6.07) is 23.9. The van der Waals surface area contributed by atoms with Crippen molar-refractivity contribution in [1.29, 1.82) is 0 Å². The standard InChI is InChI=1S/C24H21ClN4OS/c1-18-2-4-20(5-3-18)15-30-23-12-8-19(9-13-23)14-27-29-17-26-28-24(29)31-16-21-6-10-22(25)11-7-21/h2-14,17H,15-16H2,1H3/b27-14+. The molecule has 0 spiro atoms. The third-order valence-electron chi connectivity index (χ3n) is 4.52. The Bertz CT molecular complexity index is 1140. The maximum absolute atomic E-state index is 5.94. The van der Waals surface area contributed by atoms with Crippen molar-refractivity contribution >= 4 is 29.6 Å². The predicted octanol–water partition coefficient (Wildman–Crippen LogP) is 5.99. The summed E-state index contributed by atoms with van der Waals surface area (Å²) >= 11 is 7.50. The topological polar surface area (TPSA) is 52.3 Å². The second-order valence-electron chi connectivity index (χ2n) is 6.96. The molecule has 0 saturated carbocycles. The molecule has 5 nitrogen and oxygen atoms in total. The van der Waals surface area contributed by atoms with Gasteiger partial charge in [0.2, 0.25) is 5.16 Å². The van der Waals surface area contributed by atoms with E-state index >= 15 is 0 Å². The summed E-state index contributed by atoms with van der Waals surface area (Å²) in [5.74, 6) is 1.58. The van der Waals surface area contributed by atoms with E-state index in [1.165, 1.54) is 5.56 Å². The van der Waals surface area contributed by atoms with Crippen molar-refractivity contribution in [1.82, 2.24) is 14.9 Å². The van der Waals surface area contributed by atoms with Crippen molar-refractivity contribution in [2.75, 3.05) is 0 Å². The molecule has 0 bridgehead atoms. The average molecular weight is 449 g/mol. The lowest BCUT2D eigenvalue weighted by Gasteiger charge is -2.07. The van der Waals surface area contributed by atoms with Crippen LogP contribution in [-0.2, 0) is 12.4 Å². The lowest BCUT2D eigenvalue weighted by atomic mass is 10.2. The Balaban J connectivity index is 1.33. The molecule has 4 rings (SSSR count). The molecule has 0 aliphatic heterocycles. The first-order valence-corrected chi connectivity index (χ1v) is 11.1. The largest absolute Gasteiger partial charge is 0.489 e. The summed E-state index contributed by atoms with van der Waals surface area (Å²) in [7, 11) is 0. The molecule has 0 aliphatic rings. The van der Waals surface area contributed by atoms with Crippen LogP contribution < -0.4 is 4.74 Å². The second-order valence-corrected chi connectivity index (χ2v) is 8.34. The zero-order valence-electron chi connectivity index (χ0n) is 17.0. The zero-order chi connectivity index (χ0) is 21.5. The minimum absolute atomic E-state index is 0.544. The average Bonchev–Trinajstić information content (AvgIpc) is 3.25.